The summed E-state index contributed by atoms with van der Waals surface area (Å²) in [6.45, 7) is 2.25. The van der Waals surface area contributed by atoms with Gasteiger partial charge in [0, 0.05) is 11.0 Å². The Balaban J connectivity index is 1.89. The highest BCUT2D eigenvalue weighted by Crippen LogP contribution is 2.38. The zero-order valence-corrected chi connectivity index (χ0v) is 17.6. The molecule has 4 aromatic carbocycles. The Morgan fingerprint density at radius 2 is 1.17 bits per heavy atom. The molecular weight excluding hydrogens is 369 g/mol. The number of para-hydroxylation sites is 2. The lowest BCUT2D eigenvalue weighted by atomic mass is 10.1. The molecule has 0 heterocycles. The van der Waals surface area contributed by atoms with Gasteiger partial charge < -0.3 is 5.32 Å². The zero-order chi connectivity index (χ0) is 19.9. The second kappa shape index (κ2) is 9.54. The normalized spacial score (nSPS) is 10.8. The maximum Gasteiger partial charge on any atom is 0.0501 e. The molecule has 0 saturated carbocycles. The fourth-order valence-corrected chi connectivity index (χ4v) is 6.10. The Kier molecular flexibility index (Phi) is 6.39. The first kappa shape index (κ1) is 19.4. The molecule has 0 atom stereocenters. The Morgan fingerprint density at radius 1 is 0.621 bits per heavy atom. The fourth-order valence-electron chi connectivity index (χ4n) is 3.64. The van der Waals surface area contributed by atoms with Gasteiger partial charge in [0.2, 0.25) is 0 Å². The molecule has 0 aliphatic carbocycles. The van der Waals surface area contributed by atoms with Gasteiger partial charge in [0.25, 0.3) is 0 Å². The van der Waals surface area contributed by atoms with E-state index < -0.39 is 7.92 Å². The van der Waals surface area contributed by atoms with Crippen molar-refractivity contribution >= 4 is 35.2 Å². The average molecular weight is 395 g/mol. The molecule has 0 unspecified atom stereocenters. The summed E-state index contributed by atoms with van der Waals surface area (Å²) in [5.41, 5.74) is 3.78. The highest BCUT2D eigenvalue weighted by Gasteiger charge is 2.21. The smallest absolute Gasteiger partial charge is 0.0501 e. The maximum absolute atomic E-state index is 3.76. The molecule has 1 N–H and O–H groups in total. The first-order chi connectivity index (χ1) is 14.4. The van der Waals surface area contributed by atoms with Crippen molar-refractivity contribution in [1.29, 1.82) is 0 Å². The van der Waals surface area contributed by atoms with Gasteiger partial charge in [-0.15, -0.1) is 0 Å². The topological polar surface area (TPSA) is 12.0 Å². The molecule has 0 aliphatic rings. The largest absolute Gasteiger partial charge is 0.355 e. The van der Waals surface area contributed by atoms with E-state index in [9.17, 15) is 0 Å². The molecule has 4 rings (SSSR count). The summed E-state index contributed by atoms with van der Waals surface area (Å²) in [5, 5.41) is 7.89. The predicted molar refractivity (Wildman–Crippen MR) is 129 cm³/mol. The Morgan fingerprint density at radius 3 is 1.72 bits per heavy atom. The number of hydrogen-bond acceptors (Lipinski definition) is 1. The van der Waals surface area contributed by atoms with Crippen molar-refractivity contribution in [3.05, 3.63) is 115 Å². The molecule has 29 heavy (non-hydrogen) atoms. The van der Waals surface area contributed by atoms with Gasteiger partial charge in [-0.3, -0.25) is 0 Å². The fraction of sp³-hybridized carbons (Fsp3) is 0.111. The molecule has 1 nitrogen and oxygen atoms in total. The van der Waals surface area contributed by atoms with Crippen LogP contribution < -0.4 is 21.2 Å². The molecule has 0 saturated heterocycles. The van der Waals surface area contributed by atoms with E-state index in [0.29, 0.717) is 0 Å². The van der Waals surface area contributed by atoms with Crippen molar-refractivity contribution in [1.82, 2.24) is 0 Å². The third-order valence-corrected chi connectivity index (χ3v) is 7.44. The third kappa shape index (κ3) is 4.58. The van der Waals surface area contributed by atoms with E-state index in [1.165, 1.54) is 27.2 Å². The molecule has 0 amide bonds. The summed E-state index contributed by atoms with van der Waals surface area (Å²) in [4.78, 5) is 0. The van der Waals surface area contributed by atoms with Crippen LogP contribution in [0.15, 0.2) is 109 Å². The van der Waals surface area contributed by atoms with Gasteiger partial charge in [0.05, 0.1) is 5.69 Å². The number of rotatable bonds is 7. The monoisotopic (exact) mass is 395 g/mol. The van der Waals surface area contributed by atoms with Crippen LogP contribution in [0.5, 0.6) is 0 Å². The van der Waals surface area contributed by atoms with Crippen LogP contribution in [0.3, 0.4) is 0 Å². The SMILES string of the molecule is CCCc1cccc(P(c2ccccc2)c2ccccc2)c1Nc1ccccc1. The van der Waals surface area contributed by atoms with E-state index in [0.717, 1.165) is 18.5 Å². The van der Waals surface area contributed by atoms with Gasteiger partial charge in [-0.2, -0.15) is 0 Å². The predicted octanol–water partition coefficient (Wildman–Crippen LogP) is 6.14. The minimum absolute atomic E-state index is 0.652. The van der Waals surface area contributed by atoms with Crippen LogP contribution in [0, 0.1) is 0 Å². The number of benzene rings is 4. The summed E-state index contributed by atoms with van der Waals surface area (Å²) < 4.78 is 0. The lowest BCUT2D eigenvalue weighted by Crippen LogP contribution is -2.23. The van der Waals surface area contributed by atoms with Crippen LogP contribution in [0.2, 0.25) is 0 Å². The summed E-state index contributed by atoms with van der Waals surface area (Å²) in [7, 11) is -0.652. The molecule has 0 radical (unpaired) electrons. The highest BCUT2D eigenvalue weighted by molar-refractivity contribution is 7.80. The summed E-state index contributed by atoms with van der Waals surface area (Å²) in [6.07, 6.45) is 2.19. The van der Waals surface area contributed by atoms with Gasteiger partial charge in [0.15, 0.2) is 0 Å². The van der Waals surface area contributed by atoms with Crippen LogP contribution in [-0.2, 0) is 6.42 Å². The number of anilines is 2. The first-order valence-corrected chi connectivity index (χ1v) is 11.5. The molecule has 4 aromatic rings. The second-order valence-corrected chi connectivity index (χ2v) is 9.24. The lowest BCUT2D eigenvalue weighted by Gasteiger charge is -2.25. The maximum atomic E-state index is 3.76. The molecule has 0 fully saturated rings. The van der Waals surface area contributed by atoms with Crippen LogP contribution in [0.25, 0.3) is 0 Å². The van der Waals surface area contributed by atoms with Gasteiger partial charge >= 0.3 is 0 Å². The second-order valence-electron chi connectivity index (χ2n) is 7.06. The number of aryl methyl sites for hydroxylation is 1. The minimum atomic E-state index is -0.652. The van der Waals surface area contributed by atoms with Gasteiger partial charge in [-0.25, -0.2) is 0 Å². The van der Waals surface area contributed by atoms with Crippen molar-refractivity contribution in [2.75, 3.05) is 5.32 Å². The lowest BCUT2D eigenvalue weighted by molar-refractivity contribution is 0.924. The molecule has 0 aromatic heterocycles. The van der Waals surface area contributed by atoms with E-state index in [2.05, 4.69) is 121 Å². The van der Waals surface area contributed by atoms with Crippen molar-refractivity contribution in [2.24, 2.45) is 0 Å². The molecule has 0 aliphatic heterocycles. The van der Waals surface area contributed by atoms with Gasteiger partial charge in [-0.05, 0) is 42.6 Å². The van der Waals surface area contributed by atoms with E-state index in [4.69, 9.17) is 0 Å². The molecule has 2 heteroatoms. The van der Waals surface area contributed by atoms with E-state index >= 15 is 0 Å². The highest BCUT2D eigenvalue weighted by atomic mass is 31.1. The van der Waals surface area contributed by atoms with Crippen LogP contribution in [-0.4, -0.2) is 0 Å². The Bertz CT molecular complexity index is 990. The first-order valence-electron chi connectivity index (χ1n) is 10.2. The van der Waals surface area contributed by atoms with Gasteiger partial charge in [0.1, 0.15) is 0 Å². The molecule has 144 valence electrons. The summed E-state index contributed by atoms with van der Waals surface area (Å²) >= 11 is 0. The average Bonchev–Trinajstić information content (AvgIpc) is 2.78. The van der Waals surface area contributed by atoms with Crippen LogP contribution in [0.1, 0.15) is 18.9 Å². The number of nitrogens with one attached hydrogen (secondary N) is 1. The third-order valence-electron chi connectivity index (χ3n) is 4.96. The van der Waals surface area contributed by atoms with Gasteiger partial charge in [-0.1, -0.05) is 110 Å². The van der Waals surface area contributed by atoms with Crippen molar-refractivity contribution in [3.8, 4) is 0 Å². The van der Waals surface area contributed by atoms with Crippen molar-refractivity contribution in [2.45, 2.75) is 19.8 Å². The molecule has 0 bridgehead atoms. The Hall–Kier alpha value is -2.89. The van der Waals surface area contributed by atoms with Crippen LogP contribution >= 0.6 is 7.92 Å². The Labute approximate surface area is 175 Å². The molecule has 0 spiro atoms. The van der Waals surface area contributed by atoms with E-state index in [1.54, 1.807) is 0 Å². The quantitative estimate of drug-likeness (QED) is 0.371. The standard InChI is InChI=1S/C27H26NP/c1-2-13-22-14-12-21-26(27(22)28-23-15-6-3-7-16-23)29(24-17-8-4-9-18-24)25-19-10-5-11-20-25/h3-12,14-21,28H,2,13H2,1H3. The minimum Gasteiger partial charge on any atom is -0.355 e. The van der Waals surface area contributed by atoms with Crippen molar-refractivity contribution < 1.29 is 0 Å². The summed E-state index contributed by atoms with van der Waals surface area (Å²) in [5.74, 6) is 0. The van der Waals surface area contributed by atoms with E-state index in [-0.39, 0.29) is 0 Å². The number of hydrogen-bond donors (Lipinski definition) is 1. The zero-order valence-electron chi connectivity index (χ0n) is 16.8. The van der Waals surface area contributed by atoms with E-state index in [1.807, 2.05) is 0 Å². The van der Waals surface area contributed by atoms with Crippen molar-refractivity contribution in [3.63, 3.8) is 0 Å². The molecular formula is C27H26NP. The summed E-state index contributed by atoms with van der Waals surface area (Å²) in [6, 6.07) is 39.1. The van der Waals surface area contributed by atoms with Crippen LogP contribution in [0.4, 0.5) is 11.4 Å².